The quantitative estimate of drug-likeness (QED) is 0.156. The second-order valence-corrected chi connectivity index (χ2v) is 6.75. The second-order valence-electron chi connectivity index (χ2n) is 6.75. The Morgan fingerprint density at radius 3 is 2.74 bits per heavy atom. The molecule has 0 aliphatic rings. The van der Waals surface area contributed by atoms with Gasteiger partial charge >= 0.3 is 6.47 Å². The number of hydrogen-bond donors (Lipinski definition) is 2. The maximum absolute atomic E-state index is 14.5. The highest BCUT2D eigenvalue weighted by Gasteiger charge is 2.17. The third kappa shape index (κ3) is 4.09. The van der Waals surface area contributed by atoms with Gasteiger partial charge in [-0.15, -0.1) is 0 Å². The number of methoxy groups -OCH3 is 1. The maximum Gasteiger partial charge on any atom is 0.323 e. The van der Waals surface area contributed by atoms with Crippen molar-refractivity contribution in [2.45, 2.75) is 6.42 Å². The van der Waals surface area contributed by atoms with Crippen molar-refractivity contribution in [3.05, 3.63) is 83.4 Å². The number of hydrogen-bond acceptors (Lipinski definition) is 5. The molecule has 0 unspecified atom stereocenters. The lowest BCUT2D eigenvalue weighted by Crippen LogP contribution is -2.16. The molecule has 4 aromatic rings. The highest BCUT2D eigenvalue weighted by atomic mass is 19.1. The van der Waals surface area contributed by atoms with Crippen LogP contribution >= 0.6 is 0 Å². The number of nitrogens with zero attached hydrogens (tertiary/aromatic N) is 2. The predicted octanol–water partition coefficient (Wildman–Crippen LogP) is 3.76. The summed E-state index contributed by atoms with van der Waals surface area (Å²) in [5, 5.41) is 4.22. The Labute approximate surface area is 177 Å². The number of nitrogens with one attached hydrogen (secondary N) is 1. The first-order chi connectivity index (χ1) is 15.1. The molecule has 0 fully saturated rings. The molecule has 0 radical (unpaired) electrons. The minimum Gasteiger partial charge on any atom is -0.494 e. The lowest BCUT2D eigenvalue weighted by molar-refractivity contribution is -0.128. The average Bonchev–Trinajstić information content (AvgIpc) is 3.14. The second kappa shape index (κ2) is 8.66. The van der Waals surface area contributed by atoms with Crippen LogP contribution in [0.4, 0.5) is 4.39 Å². The molecule has 0 bridgehead atoms. The van der Waals surface area contributed by atoms with Crippen molar-refractivity contribution in [2.75, 3.05) is 7.11 Å². The van der Waals surface area contributed by atoms with Gasteiger partial charge < -0.3 is 20.3 Å². The summed E-state index contributed by atoms with van der Waals surface area (Å²) in [6, 6.07) is 18.2. The van der Waals surface area contributed by atoms with Crippen LogP contribution < -0.4 is 10.5 Å². The van der Waals surface area contributed by atoms with E-state index in [0.717, 1.165) is 27.7 Å². The Kier molecular flexibility index (Phi) is 5.61. The van der Waals surface area contributed by atoms with Crippen LogP contribution in [0.5, 0.6) is 5.75 Å². The van der Waals surface area contributed by atoms with Crippen LogP contribution in [0.1, 0.15) is 17.0 Å². The van der Waals surface area contributed by atoms with Gasteiger partial charge in [-0.3, -0.25) is 4.79 Å². The summed E-state index contributed by atoms with van der Waals surface area (Å²) in [6.45, 7) is 0.178. The molecule has 31 heavy (non-hydrogen) atoms. The van der Waals surface area contributed by atoms with Crippen LogP contribution in [0.15, 0.2) is 65.8 Å². The summed E-state index contributed by atoms with van der Waals surface area (Å²) in [5.41, 5.74) is 10.3. The summed E-state index contributed by atoms with van der Waals surface area (Å²) in [4.78, 5) is 22.6. The summed E-state index contributed by atoms with van der Waals surface area (Å²) in [6.07, 6.45) is 0.408. The van der Waals surface area contributed by atoms with Gasteiger partial charge in [0, 0.05) is 23.6 Å². The van der Waals surface area contributed by atoms with E-state index >= 15 is 0 Å². The van der Waals surface area contributed by atoms with Gasteiger partial charge in [-0.1, -0.05) is 41.6 Å². The van der Waals surface area contributed by atoms with Gasteiger partial charge in [0.15, 0.2) is 17.4 Å². The molecule has 8 heteroatoms. The molecule has 2 aromatic carbocycles. The fraction of sp³-hybridized carbons (Fsp3) is 0.0870. The molecule has 4 rings (SSSR count). The van der Waals surface area contributed by atoms with Crippen LogP contribution in [0.3, 0.4) is 0 Å². The lowest BCUT2D eigenvalue weighted by Gasteiger charge is -2.07. The first-order valence-corrected chi connectivity index (χ1v) is 9.43. The first-order valence-electron chi connectivity index (χ1n) is 9.43. The van der Waals surface area contributed by atoms with Crippen LogP contribution in [0, 0.1) is 5.82 Å². The van der Waals surface area contributed by atoms with E-state index in [-0.39, 0.29) is 18.1 Å². The van der Waals surface area contributed by atoms with Gasteiger partial charge in [0.25, 0.3) is 0 Å². The van der Waals surface area contributed by atoms with Crippen molar-refractivity contribution in [2.24, 2.45) is 10.9 Å². The van der Waals surface area contributed by atoms with Gasteiger partial charge in [-0.05, 0) is 29.3 Å². The zero-order valence-electron chi connectivity index (χ0n) is 16.6. The van der Waals surface area contributed by atoms with Gasteiger partial charge in [-0.25, -0.2) is 9.37 Å². The van der Waals surface area contributed by atoms with Crippen molar-refractivity contribution < 1.29 is 18.8 Å². The van der Waals surface area contributed by atoms with Crippen LogP contribution in [0.2, 0.25) is 0 Å². The number of carbonyl (C=O) groups excluding carboxylic acids is 1. The van der Waals surface area contributed by atoms with Gasteiger partial charge in [-0.2, -0.15) is 0 Å². The Bertz CT molecular complexity index is 1270. The Morgan fingerprint density at radius 2 is 2.00 bits per heavy atom. The molecule has 0 aliphatic heterocycles. The molecule has 0 saturated heterocycles. The molecule has 0 aliphatic carbocycles. The number of halogens is 1. The Balaban J connectivity index is 1.83. The van der Waals surface area contributed by atoms with E-state index in [0.29, 0.717) is 17.8 Å². The average molecular weight is 418 g/mol. The predicted molar refractivity (Wildman–Crippen MR) is 115 cm³/mol. The van der Waals surface area contributed by atoms with Gasteiger partial charge in [0.2, 0.25) is 0 Å². The molecule has 7 nitrogen and oxygen atoms in total. The van der Waals surface area contributed by atoms with E-state index < -0.39 is 5.82 Å². The minimum absolute atomic E-state index is 0.0214. The zero-order valence-corrected chi connectivity index (χ0v) is 16.6. The van der Waals surface area contributed by atoms with Crippen LogP contribution in [-0.2, 0) is 16.1 Å². The normalized spacial score (nSPS) is 11.5. The molecular weight excluding hydrogens is 399 g/mol. The summed E-state index contributed by atoms with van der Waals surface area (Å²) >= 11 is 0. The largest absolute Gasteiger partial charge is 0.494 e. The summed E-state index contributed by atoms with van der Waals surface area (Å²) in [5.74, 6) is -0.301. The third-order valence-corrected chi connectivity index (χ3v) is 4.86. The lowest BCUT2D eigenvalue weighted by atomic mass is 10.0. The maximum atomic E-state index is 14.5. The Hall–Kier alpha value is -4.20. The molecule has 2 aromatic heterocycles. The summed E-state index contributed by atoms with van der Waals surface area (Å²) in [7, 11) is 1.43. The zero-order chi connectivity index (χ0) is 21.8. The molecular formula is C23H19FN4O3. The highest BCUT2D eigenvalue weighted by molar-refractivity contribution is 5.95. The Morgan fingerprint density at radius 1 is 1.19 bits per heavy atom. The van der Waals surface area contributed by atoms with Crippen molar-refractivity contribution >= 4 is 23.2 Å². The number of H-pyrrole nitrogens is 1. The monoisotopic (exact) mass is 418 g/mol. The van der Waals surface area contributed by atoms with E-state index in [9.17, 15) is 9.18 Å². The number of ether oxygens (including phenoxy) is 1. The van der Waals surface area contributed by atoms with Crippen molar-refractivity contribution in [3.8, 4) is 17.0 Å². The molecule has 2 heterocycles. The molecule has 0 spiro atoms. The van der Waals surface area contributed by atoms with Gasteiger partial charge in [0.1, 0.15) is 5.69 Å². The SMILES string of the molecule is COc1cc2[nH]c(-c3ccccc3)c(Cc3cccc(/C(N)=N/OC=O)n3)c2cc1F. The fourth-order valence-electron chi connectivity index (χ4n) is 3.47. The van der Waals surface area contributed by atoms with E-state index in [1.54, 1.807) is 18.2 Å². The van der Waals surface area contributed by atoms with Gasteiger partial charge in [0.05, 0.1) is 18.3 Å². The van der Waals surface area contributed by atoms with Crippen molar-refractivity contribution in [1.29, 1.82) is 0 Å². The first kappa shape index (κ1) is 20.1. The molecule has 156 valence electrons. The van der Waals surface area contributed by atoms with E-state index in [1.165, 1.54) is 13.2 Å². The topological polar surface area (TPSA) is 103 Å². The number of pyridine rings is 1. The number of oxime groups is 1. The third-order valence-electron chi connectivity index (χ3n) is 4.86. The smallest absolute Gasteiger partial charge is 0.323 e. The van der Waals surface area contributed by atoms with Crippen molar-refractivity contribution in [3.63, 3.8) is 0 Å². The number of carbonyl (C=O) groups is 1. The minimum atomic E-state index is -0.445. The molecule has 0 atom stereocenters. The molecule has 0 amide bonds. The molecule has 0 saturated carbocycles. The van der Waals surface area contributed by atoms with E-state index in [1.807, 2.05) is 36.4 Å². The molecule has 3 N–H and O–H groups in total. The number of amidine groups is 1. The highest BCUT2D eigenvalue weighted by Crippen LogP contribution is 2.35. The van der Waals surface area contributed by atoms with E-state index in [2.05, 4.69) is 20.0 Å². The number of nitrogens with two attached hydrogens (primary N) is 1. The number of fused-ring (bicyclic) bond motifs is 1. The number of aromatic nitrogens is 2. The number of rotatable bonds is 7. The fourth-order valence-corrected chi connectivity index (χ4v) is 3.47. The number of benzene rings is 2. The van der Waals surface area contributed by atoms with Crippen LogP contribution in [-0.4, -0.2) is 29.4 Å². The van der Waals surface area contributed by atoms with Crippen LogP contribution in [0.25, 0.3) is 22.2 Å². The number of aromatic amines is 1. The summed E-state index contributed by atoms with van der Waals surface area (Å²) < 4.78 is 19.6. The van der Waals surface area contributed by atoms with E-state index in [4.69, 9.17) is 10.5 Å². The van der Waals surface area contributed by atoms with Crippen molar-refractivity contribution in [1.82, 2.24) is 9.97 Å². The standard InChI is InChI=1S/C23H19FN4O3/c1-30-21-12-20-16(11-18(21)24)17(22(27-20)14-6-3-2-4-7-14)10-15-8-5-9-19(26-15)23(25)28-31-13-29/h2-9,11-13,27H,10H2,1H3,(H2,25,28).